The van der Waals surface area contributed by atoms with Crippen molar-refractivity contribution in [3.8, 4) is 0 Å². The molecule has 3 rings (SSSR count). The molecule has 0 aromatic carbocycles. The van der Waals surface area contributed by atoms with Gasteiger partial charge < -0.3 is 20.0 Å². The molecule has 130 valence electrons. The Hall–Kier alpha value is -2.31. The van der Waals surface area contributed by atoms with Gasteiger partial charge in [0.1, 0.15) is 5.76 Å². The highest BCUT2D eigenvalue weighted by molar-refractivity contribution is 5.95. The van der Waals surface area contributed by atoms with Crippen LogP contribution < -0.4 is 5.73 Å². The zero-order chi connectivity index (χ0) is 17.3. The van der Waals surface area contributed by atoms with Gasteiger partial charge in [-0.2, -0.15) is 0 Å². The van der Waals surface area contributed by atoms with Crippen LogP contribution in [-0.2, 0) is 9.59 Å². The van der Waals surface area contributed by atoms with Crippen molar-refractivity contribution in [1.29, 1.82) is 0 Å². The van der Waals surface area contributed by atoms with Crippen LogP contribution in [0.4, 0.5) is 0 Å². The second-order valence-corrected chi connectivity index (χ2v) is 6.90. The molecule has 1 spiro atoms. The highest BCUT2D eigenvalue weighted by Gasteiger charge is 2.42. The van der Waals surface area contributed by atoms with Gasteiger partial charge in [-0.15, -0.1) is 0 Å². The van der Waals surface area contributed by atoms with Crippen LogP contribution in [0.15, 0.2) is 16.7 Å². The van der Waals surface area contributed by atoms with Crippen LogP contribution in [0.1, 0.15) is 41.8 Å². The normalized spacial score (nSPS) is 20.5. The first-order valence-electron chi connectivity index (χ1n) is 8.30. The zero-order valence-corrected chi connectivity index (χ0v) is 13.9. The smallest absolute Gasteiger partial charge is 0.257 e. The summed E-state index contributed by atoms with van der Waals surface area (Å²) in [4.78, 5) is 39.1. The fourth-order valence-electron chi connectivity index (χ4n) is 3.80. The SMILES string of the molecule is Cc1occc1C(=O)N1CCC2(CCC(=O)N(CC(N)=O)C2)CC1. The lowest BCUT2D eigenvalue weighted by molar-refractivity contribution is -0.142. The van der Waals surface area contributed by atoms with Crippen molar-refractivity contribution in [3.63, 3.8) is 0 Å². The van der Waals surface area contributed by atoms with Gasteiger partial charge in [0.25, 0.3) is 5.91 Å². The third-order valence-corrected chi connectivity index (χ3v) is 5.30. The van der Waals surface area contributed by atoms with Gasteiger partial charge >= 0.3 is 0 Å². The quantitative estimate of drug-likeness (QED) is 0.889. The van der Waals surface area contributed by atoms with Crippen molar-refractivity contribution in [2.24, 2.45) is 11.1 Å². The van der Waals surface area contributed by atoms with E-state index in [1.165, 1.54) is 6.26 Å². The van der Waals surface area contributed by atoms with Gasteiger partial charge in [0, 0.05) is 26.1 Å². The number of nitrogens with two attached hydrogens (primary N) is 1. The molecule has 0 saturated carbocycles. The second kappa shape index (κ2) is 6.30. The van der Waals surface area contributed by atoms with E-state index in [4.69, 9.17) is 10.2 Å². The first-order valence-corrected chi connectivity index (χ1v) is 8.30. The Morgan fingerprint density at radius 3 is 2.58 bits per heavy atom. The lowest BCUT2D eigenvalue weighted by Gasteiger charge is -2.47. The number of hydrogen-bond donors (Lipinski definition) is 1. The molecule has 24 heavy (non-hydrogen) atoms. The molecule has 2 saturated heterocycles. The maximum absolute atomic E-state index is 12.6. The van der Waals surface area contributed by atoms with Gasteiger partial charge in [-0.1, -0.05) is 0 Å². The van der Waals surface area contributed by atoms with Crippen LogP contribution in [-0.4, -0.2) is 53.7 Å². The largest absolute Gasteiger partial charge is 0.469 e. The maximum Gasteiger partial charge on any atom is 0.257 e. The van der Waals surface area contributed by atoms with E-state index in [1.807, 2.05) is 4.90 Å². The summed E-state index contributed by atoms with van der Waals surface area (Å²) in [6, 6.07) is 1.70. The maximum atomic E-state index is 12.6. The number of carbonyl (C=O) groups is 3. The molecule has 1 aromatic heterocycles. The number of hydrogen-bond acceptors (Lipinski definition) is 4. The number of rotatable bonds is 3. The predicted octanol–water partition coefficient (Wildman–Crippen LogP) is 0.918. The summed E-state index contributed by atoms with van der Waals surface area (Å²) in [7, 11) is 0. The van der Waals surface area contributed by atoms with Crippen LogP contribution in [0.5, 0.6) is 0 Å². The third kappa shape index (κ3) is 3.16. The number of primary amides is 1. The van der Waals surface area contributed by atoms with E-state index in [0.29, 0.717) is 37.4 Å². The molecule has 2 aliphatic rings. The third-order valence-electron chi connectivity index (χ3n) is 5.30. The van der Waals surface area contributed by atoms with Crippen molar-refractivity contribution in [3.05, 3.63) is 23.7 Å². The van der Waals surface area contributed by atoms with Gasteiger partial charge in [0.15, 0.2) is 0 Å². The molecule has 0 unspecified atom stereocenters. The molecular weight excluding hydrogens is 310 g/mol. The minimum absolute atomic E-state index is 0.00280. The van der Waals surface area contributed by atoms with Gasteiger partial charge in [-0.25, -0.2) is 0 Å². The summed E-state index contributed by atoms with van der Waals surface area (Å²) in [5.74, 6) is 0.142. The monoisotopic (exact) mass is 333 g/mol. The number of amides is 3. The van der Waals surface area contributed by atoms with Crippen LogP contribution in [0.3, 0.4) is 0 Å². The van der Waals surface area contributed by atoms with E-state index < -0.39 is 5.91 Å². The number of nitrogens with zero attached hydrogens (tertiary/aromatic N) is 2. The highest BCUT2D eigenvalue weighted by Crippen LogP contribution is 2.40. The van der Waals surface area contributed by atoms with E-state index in [9.17, 15) is 14.4 Å². The van der Waals surface area contributed by atoms with E-state index in [0.717, 1.165) is 19.3 Å². The van der Waals surface area contributed by atoms with Gasteiger partial charge in [-0.3, -0.25) is 14.4 Å². The molecule has 7 heteroatoms. The summed E-state index contributed by atoms with van der Waals surface area (Å²) < 4.78 is 5.21. The Kier molecular flexibility index (Phi) is 4.34. The lowest BCUT2D eigenvalue weighted by atomic mass is 9.72. The Bertz CT molecular complexity index is 659. The summed E-state index contributed by atoms with van der Waals surface area (Å²) in [6.45, 7) is 3.64. The minimum atomic E-state index is -0.483. The minimum Gasteiger partial charge on any atom is -0.469 e. The van der Waals surface area contributed by atoms with Crippen LogP contribution in [0, 0.1) is 12.3 Å². The average molecular weight is 333 g/mol. The van der Waals surface area contributed by atoms with Crippen molar-refractivity contribution < 1.29 is 18.8 Å². The number of piperidine rings is 2. The molecule has 3 amide bonds. The fraction of sp³-hybridized carbons (Fsp3) is 0.588. The molecule has 0 aliphatic carbocycles. The van der Waals surface area contributed by atoms with E-state index in [2.05, 4.69) is 0 Å². The van der Waals surface area contributed by atoms with Gasteiger partial charge in [0.05, 0.1) is 18.4 Å². The first kappa shape index (κ1) is 16.5. The molecule has 2 fully saturated rings. The summed E-state index contributed by atoms with van der Waals surface area (Å²) in [6.07, 6.45) is 4.45. The van der Waals surface area contributed by atoms with Crippen molar-refractivity contribution in [2.75, 3.05) is 26.2 Å². The molecule has 0 atom stereocenters. The number of likely N-dealkylation sites (tertiary alicyclic amines) is 2. The Morgan fingerprint density at radius 2 is 2.00 bits per heavy atom. The molecule has 2 N–H and O–H groups in total. The second-order valence-electron chi connectivity index (χ2n) is 6.90. The van der Waals surface area contributed by atoms with E-state index in [1.54, 1.807) is 17.9 Å². The predicted molar refractivity (Wildman–Crippen MR) is 86.0 cm³/mol. The zero-order valence-electron chi connectivity index (χ0n) is 13.9. The summed E-state index contributed by atoms with van der Waals surface area (Å²) in [5.41, 5.74) is 5.84. The molecule has 1 aromatic rings. The molecular formula is C17H23N3O4. The molecule has 7 nitrogen and oxygen atoms in total. The van der Waals surface area contributed by atoms with Crippen molar-refractivity contribution in [1.82, 2.24) is 9.80 Å². The Labute approximate surface area is 140 Å². The van der Waals surface area contributed by atoms with Gasteiger partial charge in [-0.05, 0) is 37.7 Å². The highest BCUT2D eigenvalue weighted by atomic mass is 16.3. The first-order chi connectivity index (χ1) is 11.4. The van der Waals surface area contributed by atoms with Gasteiger partial charge in [0.2, 0.25) is 11.8 Å². The molecule has 2 aliphatic heterocycles. The lowest BCUT2D eigenvalue weighted by Crippen LogP contribution is -2.53. The summed E-state index contributed by atoms with van der Waals surface area (Å²) in [5, 5.41) is 0. The Balaban J connectivity index is 1.64. The summed E-state index contributed by atoms with van der Waals surface area (Å²) >= 11 is 0. The van der Waals surface area contributed by atoms with Crippen LogP contribution >= 0.6 is 0 Å². The van der Waals surface area contributed by atoms with E-state index in [-0.39, 0.29) is 23.8 Å². The van der Waals surface area contributed by atoms with Crippen molar-refractivity contribution in [2.45, 2.75) is 32.6 Å². The molecule has 0 bridgehead atoms. The van der Waals surface area contributed by atoms with Crippen LogP contribution in [0.2, 0.25) is 0 Å². The number of carbonyl (C=O) groups excluding carboxylic acids is 3. The number of aryl methyl sites for hydroxylation is 1. The molecule has 3 heterocycles. The molecule has 0 radical (unpaired) electrons. The average Bonchev–Trinajstić information content (AvgIpc) is 2.97. The van der Waals surface area contributed by atoms with E-state index >= 15 is 0 Å². The number of furan rings is 1. The topological polar surface area (TPSA) is 96.8 Å². The fourth-order valence-corrected chi connectivity index (χ4v) is 3.80. The standard InChI is InChI=1S/C17H23N3O4/c1-12-13(3-9-24-12)16(23)19-7-5-17(6-8-19)4-2-15(22)20(11-17)10-14(18)21/h3,9H,2,4-8,10-11H2,1H3,(H2,18,21). The Morgan fingerprint density at radius 1 is 1.29 bits per heavy atom. The van der Waals surface area contributed by atoms with Crippen molar-refractivity contribution >= 4 is 17.7 Å². The van der Waals surface area contributed by atoms with Crippen LogP contribution in [0.25, 0.3) is 0 Å².